The summed E-state index contributed by atoms with van der Waals surface area (Å²) >= 11 is 0. The number of rotatable bonds is 8. The van der Waals surface area contributed by atoms with Gasteiger partial charge in [-0.05, 0) is 212 Å². The van der Waals surface area contributed by atoms with E-state index in [-0.39, 0.29) is 0 Å². The fraction of sp³-hybridized carbons (Fsp3) is 1.00. The lowest BCUT2D eigenvalue weighted by molar-refractivity contribution is 0.0891. The summed E-state index contributed by atoms with van der Waals surface area (Å²) in [6.45, 7) is 58.3. The van der Waals surface area contributed by atoms with Gasteiger partial charge in [-0.25, -0.2) is 0 Å². The highest BCUT2D eigenvalue weighted by molar-refractivity contribution is 4.87. The molecular weight excluding hydrogens is 925 g/mol. The summed E-state index contributed by atoms with van der Waals surface area (Å²) in [5.41, 5.74) is 3.58. The van der Waals surface area contributed by atoms with Gasteiger partial charge in [0.15, 0.2) is 0 Å². The Morgan fingerprint density at radius 2 is 0.779 bits per heavy atom. The van der Waals surface area contributed by atoms with Gasteiger partial charge in [0.1, 0.15) is 0 Å². The Morgan fingerprint density at radius 3 is 0.805 bits per heavy atom. The smallest absolute Gasteiger partial charge is 0.0328 e. The van der Waals surface area contributed by atoms with E-state index in [1.807, 2.05) is 0 Å². The van der Waals surface area contributed by atoms with Gasteiger partial charge >= 0.3 is 0 Å². The molecule has 0 saturated heterocycles. The van der Waals surface area contributed by atoms with Crippen LogP contribution in [0.5, 0.6) is 0 Å². The molecule has 77 heavy (non-hydrogen) atoms. The van der Waals surface area contributed by atoms with Crippen molar-refractivity contribution in [2.24, 2.45) is 116 Å². The molecule has 0 aromatic heterocycles. The third kappa shape index (κ3) is 29.4. The summed E-state index contributed by atoms with van der Waals surface area (Å²) in [6, 6.07) is 0. The SMILES string of the molecule is CC(C)C1CCC1.CC1CC(C)(C)C1.CC1CCC1(C)C.CC1C[C@H](C)C1C.CCC1(C)CCC1.CCC1(C)CCC1.CCC1CC(C)C1.CCC1CCC1C.CCC1CC[C@@H]1C.CCCC1CCC1.C[C@H]1CCC1(C)C. The normalized spacial score (nSPS) is 34.0. The first-order valence-corrected chi connectivity index (χ1v) is 35.9. The summed E-state index contributed by atoms with van der Waals surface area (Å²) in [5.74, 6) is 15.5. The predicted octanol–water partition coefficient (Wildman–Crippen LogP) is 27.2. The molecule has 0 spiro atoms. The van der Waals surface area contributed by atoms with Gasteiger partial charge in [-0.3, -0.25) is 0 Å². The summed E-state index contributed by atoms with van der Waals surface area (Å²) in [6.07, 6.45) is 46.8. The van der Waals surface area contributed by atoms with E-state index in [2.05, 4.69) is 173 Å². The van der Waals surface area contributed by atoms with Crippen LogP contribution in [0, 0.1) is 116 Å². The molecule has 0 heteroatoms. The van der Waals surface area contributed by atoms with Crippen LogP contribution in [0.1, 0.15) is 379 Å². The monoisotopic (exact) mass is 1080 g/mol. The molecule has 0 aromatic rings. The highest BCUT2D eigenvalue weighted by atomic mass is 14.4. The second-order valence-electron chi connectivity index (χ2n) is 33.4. The molecular formula is C77H154. The van der Waals surface area contributed by atoms with E-state index in [4.69, 9.17) is 0 Å². The average molecular weight is 1080 g/mol. The van der Waals surface area contributed by atoms with E-state index >= 15 is 0 Å². The van der Waals surface area contributed by atoms with Crippen LogP contribution in [0.15, 0.2) is 0 Å². The Balaban J connectivity index is 0.000000423. The van der Waals surface area contributed by atoms with E-state index in [0.717, 1.165) is 99.6 Å². The second-order valence-corrected chi connectivity index (χ2v) is 33.4. The summed E-state index contributed by atoms with van der Waals surface area (Å²) in [5, 5.41) is 0. The standard InChI is InChI=1S/11C7H14/c1-6-4-7(2,3)5-6;2*1-6-4-5-7(6,2)3;1-5-4-6(2)7(5)3;1-6(2)7-4-3-5-7;1-3-7-4-6(2)5-7;2*1-3-7(2)5-4-6-7;2*1-3-7-5-4-6(7)2;1-2-4-7-5-3-6-7/h3*6H,4-5H2,1-3H3;5-7H,4H2,1-3H3;2*6-7H,3-5H2,1-2H3;2*3-6H2,1-2H3;2*6-7H,3-5H2,1-2H3;7H,2-6H2,1H3/t;6-;;5-,6?,7?;;;;;6-,7?;;/m.0.0....0../s1. The lowest BCUT2D eigenvalue weighted by Crippen LogP contribution is -2.31. The largest absolute Gasteiger partial charge is 0.0654 e. The molecule has 0 aromatic carbocycles. The minimum Gasteiger partial charge on any atom is -0.0654 e. The number of hydrogen-bond acceptors (Lipinski definition) is 0. The highest BCUT2D eigenvalue weighted by Crippen LogP contribution is 2.47. The molecule has 6 unspecified atom stereocenters. The van der Waals surface area contributed by atoms with Crippen molar-refractivity contribution in [1.29, 1.82) is 0 Å². The Morgan fingerprint density at radius 1 is 0.390 bits per heavy atom. The topological polar surface area (TPSA) is 0 Å². The van der Waals surface area contributed by atoms with Gasteiger partial charge in [0.2, 0.25) is 0 Å². The van der Waals surface area contributed by atoms with Crippen molar-refractivity contribution in [3.8, 4) is 0 Å². The van der Waals surface area contributed by atoms with Crippen LogP contribution in [0.25, 0.3) is 0 Å². The third-order valence-corrected chi connectivity index (χ3v) is 25.0. The first-order chi connectivity index (χ1) is 35.9. The van der Waals surface area contributed by atoms with E-state index < -0.39 is 0 Å². The van der Waals surface area contributed by atoms with Crippen LogP contribution in [0.4, 0.5) is 0 Å². The van der Waals surface area contributed by atoms with Crippen molar-refractivity contribution >= 4 is 0 Å². The first kappa shape index (κ1) is 75.0. The van der Waals surface area contributed by atoms with Crippen LogP contribution >= 0.6 is 0 Å². The van der Waals surface area contributed by atoms with Crippen LogP contribution in [-0.4, -0.2) is 0 Å². The van der Waals surface area contributed by atoms with Crippen molar-refractivity contribution in [2.45, 2.75) is 379 Å². The molecule has 0 aliphatic heterocycles. The van der Waals surface area contributed by atoms with Gasteiger partial charge < -0.3 is 0 Å². The molecule has 0 heterocycles. The van der Waals surface area contributed by atoms with Gasteiger partial charge in [0.25, 0.3) is 0 Å². The molecule has 0 amide bonds. The molecule has 11 rings (SSSR count). The fourth-order valence-corrected chi connectivity index (χ4v) is 13.9. The van der Waals surface area contributed by atoms with E-state index in [1.54, 1.807) is 0 Å². The van der Waals surface area contributed by atoms with Crippen LogP contribution < -0.4 is 0 Å². The van der Waals surface area contributed by atoms with E-state index in [1.165, 1.54) is 205 Å². The lowest BCUT2D eigenvalue weighted by Gasteiger charge is -2.42. The third-order valence-electron chi connectivity index (χ3n) is 25.0. The molecule has 11 aliphatic rings. The molecule has 11 aliphatic carbocycles. The fourth-order valence-electron chi connectivity index (χ4n) is 13.9. The summed E-state index contributed by atoms with van der Waals surface area (Å²) in [7, 11) is 0. The van der Waals surface area contributed by atoms with Crippen molar-refractivity contribution in [1.82, 2.24) is 0 Å². The molecule has 0 N–H and O–H groups in total. The Kier molecular flexibility index (Phi) is 36.4. The molecule has 11 saturated carbocycles. The van der Waals surface area contributed by atoms with E-state index in [0.29, 0.717) is 16.2 Å². The summed E-state index contributed by atoms with van der Waals surface area (Å²) in [4.78, 5) is 0. The molecule has 9 atom stereocenters. The minimum atomic E-state index is 0.681. The number of hydrogen-bond donors (Lipinski definition) is 0. The molecule has 11 fully saturated rings. The average Bonchev–Trinajstić information content (AvgIpc) is 3.31. The van der Waals surface area contributed by atoms with Crippen molar-refractivity contribution in [2.75, 3.05) is 0 Å². The van der Waals surface area contributed by atoms with Crippen LogP contribution in [0.3, 0.4) is 0 Å². The van der Waals surface area contributed by atoms with Gasteiger partial charge in [-0.1, -0.05) is 282 Å². The zero-order valence-electron chi connectivity index (χ0n) is 58.8. The van der Waals surface area contributed by atoms with Gasteiger partial charge in [0, 0.05) is 0 Å². The molecule has 462 valence electrons. The Bertz CT molecular complexity index is 1280. The Labute approximate surface area is 491 Å². The maximum Gasteiger partial charge on any atom is -0.0328 e. The second kappa shape index (κ2) is 37.3. The van der Waals surface area contributed by atoms with Gasteiger partial charge in [-0.15, -0.1) is 0 Å². The van der Waals surface area contributed by atoms with Crippen molar-refractivity contribution < 1.29 is 0 Å². The maximum atomic E-state index is 2.39. The van der Waals surface area contributed by atoms with Crippen LogP contribution in [-0.2, 0) is 0 Å². The maximum absolute atomic E-state index is 2.39. The summed E-state index contributed by atoms with van der Waals surface area (Å²) < 4.78 is 0. The van der Waals surface area contributed by atoms with Gasteiger partial charge in [-0.2, -0.15) is 0 Å². The van der Waals surface area contributed by atoms with Crippen LogP contribution in [0.2, 0.25) is 0 Å². The van der Waals surface area contributed by atoms with Crippen molar-refractivity contribution in [3.63, 3.8) is 0 Å². The molecule has 0 nitrogen and oxygen atoms in total. The zero-order chi connectivity index (χ0) is 58.8. The highest BCUT2D eigenvalue weighted by Gasteiger charge is 2.36. The quantitative estimate of drug-likeness (QED) is 0.227. The first-order valence-electron chi connectivity index (χ1n) is 35.9. The predicted molar refractivity (Wildman–Crippen MR) is 354 cm³/mol. The van der Waals surface area contributed by atoms with Crippen molar-refractivity contribution in [3.05, 3.63) is 0 Å². The Hall–Kier alpha value is 0. The van der Waals surface area contributed by atoms with E-state index in [9.17, 15) is 0 Å². The zero-order valence-corrected chi connectivity index (χ0v) is 58.8. The minimum absolute atomic E-state index is 0.681. The molecule has 0 bridgehead atoms. The lowest BCUT2D eigenvalue weighted by atomic mass is 9.64. The molecule has 0 radical (unpaired) electrons. The van der Waals surface area contributed by atoms with Gasteiger partial charge in [0.05, 0.1) is 0 Å².